The molecule has 2 N–H and O–H groups in total. The van der Waals surface area contributed by atoms with E-state index in [-0.39, 0.29) is 0 Å². The summed E-state index contributed by atoms with van der Waals surface area (Å²) < 4.78 is 0. The third-order valence-corrected chi connectivity index (χ3v) is 5.21. The van der Waals surface area contributed by atoms with Gasteiger partial charge in [-0.1, -0.05) is 0 Å². The predicted octanol–water partition coefficient (Wildman–Crippen LogP) is 1.80. The first-order valence-electron chi connectivity index (χ1n) is 7.84. The zero-order valence-electron chi connectivity index (χ0n) is 13.2. The van der Waals surface area contributed by atoms with E-state index in [0.717, 1.165) is 37.4 Å². The fourth-order valence-corrected chi connectivity index (χ4v) is 3.90. The van der Waals surface area contributed by atoms with Crippen molar-refractivity contribution < 1.29 is 4.79 Å². The number of nitrogens with zero attached hydrogens (tertiary/aromatic N) is 4. The van der Waals surface area contributed by atoms with E-state index in [0.29, 0.717) is 11.6 Å². The van der Waals surface area contributed by atoms with Crippen LogP contribution in [0.4, 0.5) is 0 Å². The van der Waals surface area contributed by atoms with Crippen LogP contribution in [-0.2, 0) is 13.0 Å². The fourth-order valence-electron chi connectivity index (χ4n) is 3.08. The lowest BCUT2D eigenvalue weighted by molar-refractivity contribution is 0.0995. The minimum absolute atomic E-state index is 0.294. The Labute approximate surface area is 139 Å². The second kappa shape index (κ2) is 7.14. The molecule has 1 saturated heterocycles. The summed E-state index contributed by atoms with van der Waals surface area (Å²) >= 11 is 1.73. The molecule has 7 heteroatoms. The quantitative estimate of drug-likeness (QED) is 0.903. The number of aryl methyl sites for hydroxylation is 1. The van der Waals surface area contributed by atoms with E-state index in [9.17, 15) is 4.79 Å². The van der Waals surface area contributed by atoms with Gasteiger partial charge in [0, 0.05) is 23.7 Å². The van der Waals surface area contributed by atoms with E-state index < -0.39 is 5.91 Å². The van der Waals surface area contributed by atoms with Gasteiger partial charge in [0.2, 0.25) is 0 Å². The van der Waals surface area contributed by atoms with E-state index in [1.807, 2.05) is 5.51 Å². The van der Waals surface area contributed by atoms with Crippen LogP contribution in [-0.4, -0.2) is 38.8 Å². The van der Waals surface area contributed by atoms with Crippen molar-refractivity contribution >= 4 is 17.2 Å². The number of carbonyl (C=O) groups excluding carboxylic acids is 1. The maximum absolute atomic E-state index is 11.2. The van der Waals surface area contributed by atoms with Gasteiger partial charge in [0.1, 0.15) is 12.0 Å². The molecule has 1 unspecified atom stereocenters. The third-order valence-electron chi connectivity index (χ3n) is 4.29. The number of rotatable bonds is 5. The first-order chi connectivity index (χ1) is 11.1. The van der Waals surface area contributed by atoms with Crippen molar-refractivity contribution in [2.75, 3.05) is 13.1 Å². The van der Waals surface area contributed by atoms with Gasteiger partial charge in [0.05, 0.1) is 11.2 Å². The van der Waals surface area contributed by atoms with Crippen LogP contribution < -0.4 is 5.73 Å². The van der Waals surface area contributed by atoms with Crippen molar-refractivity contribution in [3.8, 4) is 0 Å². The Bertz CT molecular complexity index is 687. The van der Waals surface area contributed by atoms with Gasteiger partial charge in [-0.2, -0.15) is 0 Å². The number of hydrogen-bond acceptors (Lipinski definition) is 6. The average Bonchev–Trinajstić information content (AvgIpc) is 2.93. The molecule has 6 nitrogen and oxygen atoms in total. The molecule has 0 aliphatic carbocycles. The van der Waals surface area contributed by atoms with Gasteiger partial charge in [-0.3, -0.25) is 9.69 Å². The lowest BCUT2D eigenvalue weighted by Crippen LogP contribution is -2.35. The summed E-state index contributed by atoms with van der Waals surface area (Å²) in [5.41, 5.74) is 9.53. The Morgan fingerprint density at radius 2 is 2.30 bits per heavy atom. The van der Waals surface area contributed by atoms with Gasteiger partial charge in [-0.15, -0.1) is 11.3 Å². The smallest absolute Gasteiger partial charge is 0.267 e. The van der Waals surface area contributed by atoms with E-state index >= 15 is 0 Å². The van der Waals surface area contributed by atoms with E-state index in [4.69, 9.17) is 5.73 Å². The number of likely N-dealkylation sites (tertiary alicyclic amines) is 1. The molecule has 3 rings (SSSR count). The van der Waals surface area contributed by atoms with Gasteiger partial charge in [-0.05, 0) is 44.7 Å². The molecule has 0 bridgehead atoms. The zero-order chi connectivity index (χ0) is 16.2. The standard InChI is InChI=1S/C16H21N5OS/c1-11-15(23-10-20-11)8-21-4-2-3-12(7-21)5-13-6-14(16(17)22)19-9-18-13/h6,9-10,12H,2-5,7-8H2,1H3,(H2,17,22). The second-order valence-corrected chi connectivity index (χ2v) is 7.01. The molecule has 0 radical (unpaired) electrons. The maximum Gasteiger partial charge on any atom is 0.267 e. The van der Waals surface area contributed by atoms with Crippen LogP contribution >= 0.6 is 11.3 Å². The molecule has 0 aromatic carbocycles. The first-order valence-corrected chi connectivity index (χ1v) is 8.72. The molecule has 1 fully saturated rings. The van der Waals surface area contributed by atoms with E-state index in [1.54, 1.807) is 17.4 Å². The summed E-state index contributed by atoms with van der Waals surface area (Å²) in [6, 6.07) is 1.72. The van der Waals surface area contributed by atoms with E-state index in [2.05, 4.69) is 26.8 Å². The topological polar surface area (TPSA) is 85.0 Å². The molecule has 1 aliphatic rings. The Morgan fingerprint density at radius 1 is 1.43 bits per heavy atom. The van der Waals surface area contributed by atoms with Crippen molar-refractivity contribution in [1.82, 2.24) is 19.9 Å². The molecule has 1 amide bonds. The molecule has 0 saturated carbocycles. The molecule has 2 aromatic rings. The molecule has 23 heavy (non-hydrogen) atoms. The number of aromatic nitrogens is 3. The Morgan fingerprint density at radius 3 is 3.04 bits per heavy atom. The fraction of sp³-hybridized carbons (Fsp3) is 0.500. The SMILES string of the molecule is Cc1ncsc1CN1CCCC(Cc2cc(C(N)=O)ncn2)C1. The van der Waals surface area contributed by atoms with Crippen molar-refractivity contribution in [2.24, 2.45) is 11.7 Å². The molecule has 122 valence electrons. The number of thiazole rings is 1. The van der Waals surface area contributed by atoms with Gasteiger partial charge in [0.25, 0.3) is 5.91 Å². The molecule has 1 aliphatic heterocycles. The van der Waals surface area contributed by atoms with Gasteiger partial charge >= 0.3 is 0 Å². The highest BCUT2D eigenvalue weighted by atomic mass is 32.1. The molecular weight excluding hydrogens is 310 g/mol. The van der Waals surface area contributed by atoms with Gasteiger partial charge in [0.15, 0.2) is 0 Å². The zero-order valence-corrected chi connectivity index (χ0v) is 14.1. The largest absolute Gasteiger partial charge is 0.364 e. The van der Waals surface area contributed by atoms with E-state index in [1.165, 1.54) is 24.0 Å². The number of hydrogen-bond donors (Lipinski definition) is 1. The minimum atomic E-state index is -0.500. The summed E-state index contributed by atoms with van der Waals surface area (Å²) in [6.45, 7) is 5.22. The number of amides is 1. The summed E-state index contributed by atoms with van der Waals surface area (Å²) in [7, 11) is 0. The lowest BCUT2D eigenvalue weighted by Gasteiger charge is -2.32. The number of piperidine rings is 1. The Kier molecular flexibility index (Phi) is 4.97. The average molecular weight is 331 g/mol. The minimum Gasteiger partial charge on any atom is -0.364 e. The van der Waals surface area contributed by atoms with Crippen LogP contribution in [0.1, 0.15) is 39.6 Å². The van der Waals surface area contributed by atoms with Crippen LogP contribution in [0.15, 0.2) is 17.9 Å². The third kappa shape index (κ3) is 4.11. The van der Waals surface area contributed by atoms with Crippen LogP contribution in [0.2, 0.25) is 0 Å². The Hall–Kier alpha value is -1.86. The number of nitrogens with two attached hydrogens (primary N) is 1. The second-order valence-electron chi connectivity index (χ2n) is 6.07. The molecular formula is C16H21N5OS. The van der Waals surface area contributed by atoms with Crippen molar-refractivity contribution in [3.05, 3.63) is 39.9 Å². The van der Waals surface area contributed by atoms with Crippen molar-refractivity contribution in [2.45, 2.75) is 32.7 Å². The lowest BCUT2D eigenvalue weighted by atomic mass is 9.93. The summed E-state index contributed by atoms with van der Waals surface area (Å²) in [4.78, 5) is 27.6. The van der Waals surface area contributed by atoms with Gasteiger partial charge in [-0.25, -0.2) is 15.0 Å². The Balaban J connectivity index is 1.61. The molecule has 1 atom stereocenters. The van der Waals surface area contributed by atoms with Crippen LogP contribution in [0.5, 0.6) is 0 Å². The van der Waals surface area contributed by atoms with Crippen LogP contribution in [0, 0.1) is 12.8 Å². The summed E-state index contributed by atoms with van der Waals surface area (Å²) in [5, 5.41) is 0. The van der Waals surface area contributed by atoms with Crippen molar-refractivity contribution in [1.29, 1.82) is 0 Å². The molecule has 3 heterocycles. The highest BCUT2D eigenvalue weighted by molar-refractivity contribution is 7.09. The normalized spacial score (nSPS) is 18.9. The highest BCUT2D eigenvalue weighted by Gasteiger charge is 2.22. The first kappa shape index (κ1) is 16.0. The summed E-state index contributed by atoms with van der Waals surface area (Å²) in [5.74, 6) is 0.0483. The van der Waals surface area contributed by atoms with Crippen LogP contribution in [0.25, 0.3) is 0 Å². The monoisotopic (exact) mass is 331 g/mol. The van der Waals surface area contributed by atoms with Crippen molar-refractivity contribution in [3.63, 3.8) is 0 Å². The number of carbonyl (C=O) groups is 1. The molecule has 0 spiro atoms. The predicted molar refractivity (Wildman–Crippen MR) is 89.1 cm³/mol. The van der Waals surface area contributed by atoms with Crippen LogP contribution in [0.3, 0.4) is 0 Å². The maximum atomic E-state index is 11.2. The molecule has 2 aromatic heterocycles. The highest BCUT2D eigenvalue weighted by Crippen LogP contribution is 2.23. The summed E-state index contributed by atoms with van der Waals surface area (Å²) in [6.07, 6.45) is 4.67. The number of primary amides is 1. The van der Waals surface area contributed by atoms with Gasteiger partial charge < -0.3 is 5.73 Å².